The summed E-state index contributed by atoms with van der Waals surface area (Å²) >= 11 is 0. The number of fused-ring (bicyclic) bond motifs is 1. The molecule has 0 radical (unpaired) electrons. The molecule has 150 valence electrons. The molecule has 1 amide bonds. The van der Waals surface area contributed by atoms with Gasteiger partial charge in [-0.3, -0.25) is 9.59 Å². The quantitative estimate of drug-likeness (QED) is 0.601. The SMILES string of the molecule is O=C(CCNCC1CCN(C(=O)C(F)(F)F)CC1)c1ccc2ccccc2c1. The molecule has 0 saturated carbocycles. The van der Waals surface area contributed by atoms with Crippen molar-refractivity contribution >= 4 is 22.5 Å². The maximum absolute atomic E-state index is 12.4. The highest BCUT2D eigenvalue weighted by molar-refractivity contribution is 6.00. The van der Waals surface area contributed by atoms with E-state index in [1.165, 1.54) is 0 Å². The summed E-state index contributed by atoms with van der Waals surface area (Å²) in [5.41, 5.74) is 0.680. The summed E-state index contributed by atoms with van der Waals surface area (Å²) in [6.07, 6.45) is -3.36. The van der Waals surface area contributed by atoms with Crippen LogP contribution in [0.4, 0.5) is 13.2 Å². The summed E-state index contributed by atoms with van der Waals surface area (Å²) in [6.45, 7) is 1.41. The number of nitrogens with zero attached hydrogens (tertiary/aromatic N) is 1. The molecular formula is C21H23F3N2O2. The Balaban J connectivity index is 1.39. The summed E-state index contributed by atoms with van der Waals surface area (Å²) in [7, 11) is 0. The molecule has 0 aliphatic carbocycles. The molecule has 1 N–H and O–H groups in total. The molecule has 0 unspecified atom stereocenters. The minimum absolute atomic E-state index is 0.0591. The highest BCUT2D eigenvalue weighted by atomic mass is 19.4. The Kier molecular flexibility index (Phi) is 6.34. The maximum Gasteiger partial charge on any atom is 0.471 e. The number of likely N-dealkylation sites (tertiary alicyclic amines) is 1. The third-order valence-corrected chi connectivity index (χ3v) is 5.18. The van der Waals surface area contributed by atoms with E-state index in [-0.39, 0.29) is 24.8 Å². The molecule has 0 bridgehead atoms. The Labute approximate surface area is 161 Å². The van der Waals surface area contributed by atoms with Crippen molar-refractivity contribution in [1.29, 1.82) is 0 Å². The van der Waals surface area contributed by atoms with Crippen LogP contribution >= 0.6 is 0 Å². The van der Waals surface area contributed by atoms with Gasteiger partial charge in [0.2, 0.25) is 0 Å². The fourth-order valence-electron chi connectivity index (χ4n) is 3.53. The third kappa shape index (κ3) is 5.10. The lowest BCUT2D eigenvalue weighted by molar-refractivity contribution is -0.186. The lowest BCUT2D eigenvalue weighted by Gasteiger charge is -2.32. The van der Waals surface area contributed by atoms with Crippen LogP contribution in [0.1, 0.15) is 29.6 Å². The number of rotatable bonds is 6. The van der Waals surface area contributed by atoms with Crippen molar-refractivity contribution in [3.63, 3.8) is 0 Å². The Morgan fingerprint density at radius 3 is 2.39 bits per heavy atom. The lowest BCUT2D eigenvalue weighted by Crippen LogP contribution is -2.46. The van der Waals surface area contributed by atoms with E-state index in [0.717, 1.165) is 15.7 Å². The van der Waals surface area contributed by atoms with E-state index in [1.807, 2.05) is 42.5 Å². The van der Waals surface area contributed by atoms with E-state index < -0.39 is 12.1 Å². The summed E-state index contributed by atoms with van der Waals surface area (Å²) in [6, 6.07) is 13.5. The minimum atomic E-state index is -4.80. The summed E-state index contributed by atoms with van der Waals surface area (Å²) < 4.78 is 37.3. The minimum Gasteiger partial charge on any atom is -0.335 e. The van der Waals surface area contributed by atoms with Gasteiger partial charge in [-0.15, -0.1) is 0 Å². The number of hydrogen-bond donors (Lipinski definition) is 1. The van der Waals surface area contributed by atoms with E-state index in [9.17, 15) is 22.8 Å². The third-order valence-electron chi connectivity index (χ3n) is 5.18. The van der Waals surface area contributed by atoms with Crippen LogP contribution in [0.25, 0.3) is 10.8 Å². The van der Waals surface area contributed by atoms with Gasteiger partial charge < -0.3 is 10.2 Å². The van der Waals surface area contributed by atoms with Gasteiger partial charge in [0.25, 0.3) is 0 Å². The number of hydrogen-bond acceptors (Lipinski definition) is 3. The van der Waals surface area contributed by atoms with Crippen molar-refractivity contribution in [2.75, 3.05) is 26.2 Å². The lowest BCUT2D eigenvalue weighted by atomic mass is 9.96. The first kappa shape index (κ1) is 20.3. The molecule has 1 saturated heterocycles. The molecule has 7 heteroatoms. The number of Topliss-reactive ketones (excluding diaryl/α,β-unsaturated/α-hetero) is 1. The van der Waals surface area contributed by atoms with Crippen LogP contribution in [0.2, 0.25) is 0 Å². The fraction of sp³-hybridized carbons (Fsp3) is 0.429. The van der Waals surface area contributed by atoms with Crippen LogP contribution in [-0.2, 0) is 4.79 Å². The van der Waals surface area contributed by atoms with Gasteiger partial charge >= 0.3 is 12.1 Å². The van der Waals surface area contributed by atoms with Crippen LogP contribution in [0.3, 0.4) is 0 Å². The largest absolute Gasteiger partial charge is 0.471 e. The predicted octanol–water partition coefficient (Wildman–Crippen LogP) is 3.80. The van der Waals surface area contributed by atoms with E-state index in [4.69, 9.17) is 0 Å². The van der Waals surface area contributed by atoms with Crippen molar-refractivity contribution in [2.45, 2.75) is 25.4 Å². The molecule has 3 rings (SSSR count). The first-order valence-corrected chi connectivity index (χ1v) is 9.43. The van der Waals surface area contributed by atoms with Gasteiger partial charge in [-0.25, -0.2) is 0 Å². The zero-order valence-corrected chi connectivity index (χ0v) is 15.5. The number of nitrogens with one attached hydrogen (secondary N) is 1. The summed E-state index contributed by atoms with van der Waals surface area (Å²) in [5.74, 6) is -1.48. The molecular weight excluding hydrogens is 369 g/mol. The number of halogens is 3. The predicted molar refractivity (Wildman–Crippen MR) is 101 cm³/mol. The van der Waals surface area contributed by atoms with Gasteiger partial charge in [0.05, 0.1) is 0 Å². The van der Waals surface area contributed by atoms with Gasteiger partial charge in [-0.2, -0.15) is 13.2 Å². The number of piperidine rings is 1. The number of alkyl halides is 3. The summed E-state index contributed by atoms with van der Waals surface area (Å²) in [5, 5.41) is 5.34. The van der Waals surface area contributed by atoms with Crippen LogP contribution in [-0.4, -0.2) is 48.9 Å². The Hall–Kier alpha value is -2.41. The maximum atomic E-state index is 12.4. The number of benzene rings is 2. The second-order valence-corrected chi connectivity index (χ2v) is 7.17. The standard InChI is InChI=1S/C21H23F3N2O2/c22-21(23,24)20(28)26-11-8-15(9-12-26)14-25-10-7-19(27)18-6-5-16-3-1-2-4-17(16)13-18/h1-6,13,15,25H,7-12,14H2. The van der Waals surface area contributed by atoms with Crippen molar-refractivity contribution in [3.05, 3.63) is 48.0 Å². The number of carbonyl (C=O) groups excluding carboxylic acids is 2. The Morgan fingerprint density at radius 2 is 1.71 bits per heavy atom. The topological polar surface area (TPSA) is 49.4 Å². The number of carbonyl (C=O) groups is 2. The van der Waals surface area contributed by atoms with Gasteiger partial charge in [-0.1, -0.05) is 36.4 Å². The molecule has 0 aromatic heterocycles. The summed E-state index contributed by atoms with van der Waals surface area (Å²) in [4.78, 5) is 24.5. The van der Waals surface area contributed by atoms with Crippen molar-refractivity contribution in [3.8, 4) is 0 Å². The number of ketones is 1. The second-order valence-electron chi connectivity index (χ2n) is 7.17. The normalized spacial score (nSPS) is 15.8. The van der Waals surface area contributed by atoms with Crippen LogP contribution in [0.5, 0.6) is 0 Å². The highest BCUT2D eigenvalue weighted by Crippen LogP contribution is 2.23. The molecule has 28 heavy (non-hydrogen) atoms. The van der Waals surface area contributed by atoms with Gasteiger partial charge in [0, 0.05) is 31.6 Å². The average molecular weight is 392 g/mol. The molecule has 4 nitrogen and oxygen atoms in total. The van der Waals surface area contributed by atoms with Crippen molar-refractivity contribution in [2.24, 2.45) is 5.92 Å². The highest BCUT2D eigenvalue weighted by Gasteiger charge is 2.43. The zero-order chi connectivity index (χ0) is 20.1. The monoisotopic (exact) mass is 392 g/mol. The van der Waals surface area contributed by atoms with Crippen LogP contribution in [0, 0.1) is 5.92 Å². The van der Waals surface area contributed by atoms with Crippen LogP contribution < -0.4 is 5.32 Å². The molecule has 1 fully saturated rings. The van der Waals surface area contributed by atoms with Gasteiger partial charge in [0.1, 0.15) is 0 Å². The average Bonchev–Trinajstić information content (AvgIpc) is 2.70. The Morgan fingerprint density at radius 1 is 1.04 bits per heavy atom. The molecule has 2 aromatic rings. The zero-order valence-electron chi connectivity index (χ0n) is 15.5. The van der Waals surface area contributed by atoms with E-state index in [0.29, 0.717) is 37.9 Å². The first-order chi connectivity index (χ1) is 13.3. The van der Waals surface area contributed by atoms with E-state index in [2.05, 4.69) is 5.32 Å². The number of amides is 1. The second kappa shape index (κ2) is 8.73. The van der Waals surface area contributed by atoms with Gasteiger partial charge in [0.15, 0.2) is 5.78 Å². The van der Waals surface area contributed by atoms with Gasteiger partial charge in [-0.05, 0) is 42.1 Å². The molecule has 1 aliphatic rings. The molecule has 0 spiro atoms. The first-order valence-electron chi connectivity index (χ1n) is 9.43. The molecule has 1 aliphatic heterocycles. The molecule has 0 atom stereocenters. The van der Waals surface area contributed by atoms with E-state index in [1.54, 1.807) is 0 Å². The molecule has 2 aromatic carbocycles. The Bertz CT molecular complexity index is 843. The van der Waals surface area contributed by atoms with Crippen molar-refractivity contribution < 1.29 is 22.8 Å². The van der Waals surface area contributed by atoms with Crippen molar-refractivity contribution in [1.82, 2.24) is 10.2 Å². The fourth-order valence-corrected chi connectivity index (χ4v) is 3.53. The van der Waals surface area contributed by atoms with E-state index >= 15 is 0 Å². The van der Waals surface area contributed by atoms with Crippen LogP contribution in [0.15, 0.2) is 42.5 Å². The molecule has 1 heterocycles. The smallest absolute Gasteiger partial charge is 0.335 e.